The van der Waals surface area contributed by atoms with Crippen molar-refractivity contribution in [1.29, 1.82) is 0 Å². The van der Waals surface area contributed by atoms with Crippen LogP contribution in [0.15, 0.2) is 28.8 Å². The minimum Gasteiger partial charge on any atom is -0.477 e. The lowest BCUT2D eigenvalue weighted by molar-refractivity contribution is 0.0696. The predicted octanol–water partition coefficient (Wildman–Crippen LogP) is 2.95. The maximum atomic E-state index is 11.1. The van der Waals surface area contributed by atoms with Gasteiger partial charge in [-0.15, -0.1) is 0 Å². The Hall–Kier alpha value is -1.37. The summed E-state index contributed by atoms with van der Waals surface area (Å²) < 4.78 is 6.02. The maximum absolute atomic E-state index is 11.1. The molecular formula is C11H8INO3. The molecule has 1 aromatic heterocycles. The molecule has 1 heterocycles. The molecule has 0 amide bonds. The summed E-state index contributed by atoms with van der Waals surface area (Å²) in [4.78, 5) is 11.1. The number of carbonyl (C=O) groups is 1. The number of carboxylic acid groups (broad SMARTS) is 1. The number of carboxylic acids is 1. The summed E-state index contributed by atoms with van der Waals surface area (Å²) in [6.45, 7) is 1.62. The number of hydrogen-bond donors (Lipinski definition) is 1. The van der Waals surface area contributed by atoms with Crippen LogP contribution in [0.25, 0.3) is 11.3 Å². The smallest absolute Gasteiger partial charge is 0.341 e. The van der Waals surface area contributed by atoms with Gasteiger partial charge in [-0.05, 0) is 35.6 Å². The molecule has 2 rings (SSSR count). The molecule has 82 valence electrons. The number of aryl methyl sites for hydroxylation is 1. The second kappa shape index (κ2) is 4.25. The first-order valence-corrected chi connectivity index (χ1v) is 5.63. The van der Waals surface area contributed by atoms with E-state index in [1.807, 2.05) is 24.3 Å². The van der Waals surface area contributed by atoms with Gasteiger partial charge in [0.2, 0.25) is 0 Å². The molecule has 0 aliphatic carbocycles. The molecule has 1 aromatic carbocycles. The van der Waals surface area contributed by atoms with Gasteiger partial charge < -0.3 is 9.63 Å². The summed E-state index contributed by atoms with van der Waals surface area (Å²) in [5.74, 6) is -0.705. The molecule has 0 fully saturated rings. The summed E-state index contributed by atoms with van der Waals surface area (Å²) in [6.07, 6.45) is 0. The van der Waals surface area contributed by atoms with Crippen LogP contribution in [0.3, 0.4) is 0 Å². The Labute approximate surface area is 105 Å². The summed E-state index contributed by atoms with van der Waals surface area (Å²) >= 11 is 2.13. The third-order valence-electron chi connectivity index (χ3n) is 2.20. The Morgan fingerprint density at radius 3 is 2.75 bits per heavy atom. The monoisotopic (exact) mass is 329 g/mol. The van der Waals surface area contributed by atoms with E-state index >= 15 is 0 Å². The van der Waals surface area contributed by atoms with Crippen LogP contribution in [0.1, 0.15) is 16.1 Å². The zero-order chi connectivity index (χ0) is 11.7. The molecule has 0 radical (unpaired) electrons. The third kappa shape index (κ3) is 1.82. The molecule has 16 heavy (non-hydrogen) atoms. The maximum Gasteiger partial charge on any atom is 0.341 e. The molecule has 0 aliphatic heterocycles. The number of aromatic nitrogens is 1. The standard InChI is InChI=1S/C11H8INO3/c1-6-9(11(14)15)10(16-13-6)7-4-2-3-5-8(7)12/h2-5H,1H3,(H,14,15). The molecule has 4 nitrogen and oxygen atoms in total. The van der Waals surface area contributed by atoms with E-state index in [2.05, 4.69) is 27.7 Å². The van der Waals surface area contributed by atoms with Gasteiger partial charge in [0, 0.05) is 9.13 Å². The third-order valence-corrected chi connectivity index (χ3v) is 3.14. The van der Waals surface area contributed by atoms with Gasteiger partial charge in [-0.1, -0.05) is 23.4 Å². The van der Waals surface area contributed by atoms with Crippen molar-refractivity contribution < 1.29 is 14.4 Å². The van der Waals surface area contributed by atoms with E-state index in [-0.39, 0.29) is 5.56 Å². The molecule has 0 spiro atoms. The van der Waals surface area contributed by atoms with Gasteiger partial charge in [0.05, 0.1) is 5.69 Å². The van der Waals surface area contributed by atoms with Crippen molar-refractivity contribution in [1.82, 2.24) is 5.16 Å². The van der Waals surface area contributed by atoms with Gasteiger partial charge in [-0.25, -0.2) is 4.79 Å². The molecule has 2 aromatic rings. The highest BCUT2D eigenvalue weighted by atomic mass is 127. The summed E-state index contributed by atoms with van der Waals surface area (Å²) in [6, 6.07) is 7.42. The molecule has 5 heteroatoms. The van der Waals surface area contributed by atoms with Crippen LogP contribution in [0.2, 0.25) is 0 Å². The topological polar surface area (TPSA) is 63.3 Å². The lowest BCUT2D eigenvalue weighted by atomic mass is 10.1. The number of benzene rings is 1. The van der Waals surface area contributed by atoms with Gasteiger partial charge in [0.1, 0.15) is 5.56 Å². The molecule has 1 N–H and O–H groups in total. The highest BCUT2D eigenvalue weighted by molar-refractivity contribution is 14.1. The number of rotatable bonds is 2. The first-order valence-electron chi connectivity index (χ1n) is 4.55. The second-order valence-electron chi connectivity index (χ2n) is 3.26. The van der Waals surface area contributed by atoms with E-state index in [1.54, 1.807) is 6.92 Å². The van der Waals surface area contributed by atoms with Crippen LogP contribution in [0, 0.1) is 10.5 Å². The normalized spacial score (nSPS) is 10.4. The fourth-order valence-corrected chi connectivity index (χ4v) is 2.08. The van der Waals surface area contributed by atoms with Crippen LogP contribution in [0.5, 0.6) is 0 Å². The summed E-state index contributed by atoms with van der Waals surface area (Å²) in [7, 11) is 0. The van der Waals surface area contributed by atoms with Gasteiger partial charge in [-0.3, -0.25) is 0 Å². The molecule has 0 aliphatic rings. The highest BCUT2D eigenvalue weighted by Crippen LogP contribution is 2.29. The van der Waals surface area contributed by atoms with E-state index in [0.29, 0.717) is 11.5 Å². The average molecular weight is 329 g/mol. The summed E-state index contributed by atoms with van der Waals surface area (Å²) in [5, 5.41) is 12.8. The Balaban J connectivity index is 2.66. The van der Waals surface area contributed by atoms with E-state index < -0.39 is 5.97 Å². The Kier molecular flexibility index (Phi) is 2.95. The zero-order valence-corrected chi connectivity index (χ0v) is 10.6. The Morgan fingerprint density at radius 1 is 1.44 bits per heavy atom. The minimum atomic E-state index is -1.02. The van der Waals surface area contributed by atoms with Gasteiger partial charge in [-0.2, -0.15) is 0 Å². The largest absolute Gasteiger partial charge is 0.477 e. The lowest BCUT2D eigenvalue weighted by Crippen LogP contribution is -1.99. The number of nitrogens with zero attached hydrogens (tertiary/aromatic N) is 1. The molecule has 0 atom stereocenters. The van der Waals surface area contributed by atoms with Crippen LogP contribution in [0.4, 0.5) is 0 Å². The zero-order valence-electron chi connectivity index (χ0n) is 8.40. The average Bonchev–Trinajstić information content (AvgIpc) is 2.61. The van der Waals surface area contributed by atoms with E-state index in [4.69, 9.17) is 9.63 Å². The van der Waals surface area contributed by atoms with Gasteiger partial charge >= 0.3 is 5.97 Å². The summed E-state index contributed by atoms with van der Waals surface area (Å²) in [5.41, 5.74) is 1.27. The molecule has 0 bridgehead atoms. The molecular weight excluding hydrogens is 321 g/mol. The van der Waals surface area contributed by atoms with Crippen molar-refractivity contribution in [2.45, 2.75) is 6.92 Å². The van der Waals surface area contributed by atoms with Crippen molar-refractivity contribution in [2.24, 2.45) is 0 Å². The first-order chi connectivity index (χ1) is 7.61. The SMILES string of the molecule is Cc1noc(-c2ccccc2I)c1C(=O)O. The molecule has 0 saturated carbocycles. The van der Waals surface area contributed by atoms with Crippen LogP contribution < -0.4 is 0 Å². The van der Waals surface area contributed by atoms with Crippen molar-refractivity contribution >= 4 is 28.6 Å². The van der Waals surface area contributed by atoms with E-state index in [1.165, 1.54) is 0 Å². The van der Waals surface area contributed by atoms with Crippen molar-refractivity contribution in [3.8, 4) is 11.3 Å². The Morgan fingerprint density at radius 2 is 2.12 bits per heavy atom. The van der Waals surface area contributed by atoms with Crippen LogP contribution >= 0.6 is 22.6 Å². The van der Waals surface area contributed by atoms with Crippen LogP contribution in [-0.4, -0.2) is 16.2 Å². The molecule has 0 unspecified atom stereocenters. The van der Waals surface area contributed by atoms with Crippen molar-refractivity contribution in [2.75, 3.05) is 0 Å². The second-order valence-corrected chi connectivity index (χ2v) is 4.42. The quantitative estimate of drug-likeness (QED) is 0.861. The Bertz CT molecular complexity index is 548. The van der Waals surface area contributed by atoms with Gasteiger partial charge in [0.25, 0.3) is 0 Å². The van der Waals surface area contributed by atoms with Crippen molar-refractivity contribution in [3.05, 3.63) is 39.1 Å². The van der Waals surface area contributed by atoms with Gasteiger partial charge in [0.15, 0.2) is 5.76 Å². The minimum absolute atomic E-state index is 0.129. The van der Waals surface area contributed by atoms with Crippen LogP contribution in [-0.2, 0) is 0 Å². The fourth-order valence-electron chi connectivity index (χ4n) is 1.45. The predicted molar refractivity (Wildman–Crippen MR) is 66.4 cm³/mol. The number of halogens is 1. The fraction of sp³-hybridized carbons (Fsp3) is 0.0909. The molecule has 0 saturated heterocycles. The number of hydrogen-bond acceptors (Lipinski definition) is 3. The van der Waals surface area contributed by atoms with Crippen molar-refractivity contribution in [3.63, 3.8) is 0 Å². The first kappa shape index (κ1) is 11.1. The highest BCUT2D eigenvalue weighted by Gasteiger charge is 2.22. The van der Waals surface area contributed by atoms with E-state index in [9.17, 15) is 4.79 Å². The van der Waals surface area contributed by atoms with E-state index in [0.717, 1.165) is 9.13 Å². The number of aromatic carboxylic acids is 1. The lowest BCUT2D eigenvalue weighted by Gasteiger charge is -2.00.